The molecule has 1 aromatic heterocycles. The molecule has 0 bridgehead atoms. The highest BCUT2D eigenvalue weighted by Gasteiger charge is 2.24. The van der Waals surface area contributed by atoms with Crippen LogP contribution < -0.4 is 4.90 Å². The molecule has 5 heteroatoms. The van der Waals surface area contributed by atoms with E-state index in [4.69, 9.17) is 4.74 Å². The van der Waals surface area contributed by atoms with Crippen molar-refractivity contribution in [3.8, 4) is 0 Å². The number of hydrogen-bond donors (Lipinski definition) is 1. The zero-order valence-electron chi connectivity index (χ0n) is 9.37. The van der Waals surface area contributed by atoms with Crippen molar-refractivity contribution in [2.24, 2.45) is 0 Å². The Kier molecular flexibility index (Phi) is 2.96. The molecule has 4 nitrogen and oxygen atoms in total. The first-order valence-corrected chi connectivity index (χ1v) is 6.51. The van der Waals surface area contributed by atoms with Gasteiger partial charge in [-0.15, -0.1) is 0 Å². The highest BCUT2D eigenvalue weighted by atomic mass is 32.1. The van der Waals surface area contributed by atoms with E-state index < -0.39 is 0 Å². The Hall–Kier alpha value is -1.17. The van der Waals surface area contributed by atoms with Crippen molar-refractivity contribution in [2.75, 3.05) is 31.3 Å². The van der Waals surface area contributed by atoms with Gasteiger partial charge < -0.3 is 14.7 Å². The molecule has 1 saturated heterocycles. The number of hydrogen-bond acceptors (Lipinski definition) is 5. The van der Waals surface area contributed by atoms with Gasteiger partial charge in [0, 0.05) is 6.54 Å². The number of rotatable bonds is 2. The molecule has 1 fully saturated rings. The molecule has 0 aliphatic carbocycles. The van der Waals surface area contributed by atoms with Crippen LogP contribution in [0.5, 0.6) is 0 Å². The number of para-hydroxylation sites is 1. The zero-order valence-corrected chi connectivity index (χ0v) is 10.2. The predicted molar refractivity (Wildman–Crippen MR) is 68.7 cm³/mol. The second-order valence-corrected chi connectivity index (χ2v) is 5.08. The second kappa shape index (κ2) is 4.60. The van der Waals surface area contributed by atoms with E-state index in [0.717, 1.165) is 17.2 Å². The Morgan fingerprint density at radius 2 is 2.35 bits per heavy atom. The Morgan fingerprint density at radius 1 is 1.47 bits per heavy atom. The summed E-state index contributed by atoms with van der Waals surface area (Å²) in [6.07, 6.45) is 0. The molecule has 0 radical (unpaired) electrons. The van der Waals surface area contributed by atoms with Crippen LogP contribution in [0.2, 0.25) is 0 Å². The molecule has 2 aromatic rings. The van der Waals surface area contributed by atoms with E-state index in [1.807, 2.05) is 18.2 Å². The third-order valence-electron chi connectivity index (χ3n) is 2.97. The first-order valence-electron chi connectivity index (χ1n) is 5.69. The minimum Gasteiger partial charge on any atom is -0.394 e. The molecule has 0 spiro atoms. The van der Waals surface area contributed by atoms with Crippen molar-refractivity contribution in [3.63, 3.8) is 0 Å². The van der Waals surface area contributed by atoms with Gasteiger partial charge in [0.2, 0.25) is 0 Å². The van der Waals surface area contributed by atoms with E-state index in [9.17, 15) is 5.11 Å². The highest BCUT2D eigenvalue weighted by Crippen LogP contribution is 2.30. The van der Waals surface area contributed by atoms with Crippen LogP contribution in [0.15, 0.2) is 24.3 Å². The molecule has 1 aromatic carbocycles. The normalized spacial score (nSPS) is 21.0. The van der Waals surface area contributed by atoms with E-state index in [1.165, 1.54) is 4.70 Å². The van der Waals surface area contributed by atoms with Gasteiger partial charge in [-0.1, -0.05) is 23.5 Å². The number of benzene rings is 1. The quantitative estimate of drug-likeness (QED) is 0.877. The summed E-state index contributed by atoms with van der Waals surface area (Å²) in [6.45, 7) is 2.18. The lowest BCUT2D eigenvalue weighted by atomic mass is 10.2. The molecule has 0 saturated carbocycles. The van der Waals surface area contributed by atoms with Gasteiger partial charge in [-0.3, -0.25) is 0 Å². The molecule has 1 atom stereocenters. The number of aliphatic hydroxyl groups excluding tert-OH is 1. The minimum absolute atomic E-state index is 0.0318. The van der Waals surface area contributed by atoms with E-state index in [-0.39, 0.29) is 12.6 Å². The summed E-state index contributed by atoms with van der Waals surface area (Å²) < 4.78 is 6.56. The van der Waals surface area contributed by atoms with Crippen molar-refractivity contribution in [3.05, 3.63) is 24.3 Å². The fourth-order valence-corrected chi connectivity index (χ4v) is 3.10. The van der Waals surface area contributed by atoms with Gasteiger partial charge in [-0.25, -0.2) is 4.98 Å². The van der Waals surface area contributed by atoms with Crippen molar-refractivity contribution in [1.82, 2.24) is 4.98 Å². The summed E-state index contributed by atoms with van der Waals surface area (Å²) in [6, 6.07) is 8.14. The lowest BCUT2D eigenvalue weighted by Crippen LogP contribution is -2.47. The summed E-state index contributed by atoms with van der Waals surface area (Å²) in [7, 11) is 0. The van der Waals surface area contributed by atoms with Gasteiger partial charge in [0.15, 0.2) is 5.13 Å². The third-order valence-corrected chi connectivity index (χ3v) is 4.04. The molecule has 0 amide bonds. The Morgan fingerprint density at radius 3 is 3.18 bits per heavy atom. The Balaban J connectivity index is 1.96. The first kappa shape index (κ1) is 11.0. The summed E-state index contributed by atoms with van der Waals surface area (Å²) in [5, 5.41) is 10.3. The van der Waals surface area contributed by atoms with Crippen LogP contribution in [-0.2, 0) is 4.74 Å². The molecule has 3 rings (SSSR count). The van der Waals surface area contributed by atoms with E-state index in [1.54, 1.807) is 11.3 Å². The van der Waals surface area contributed by atoms with Crippen molar-refractivity contribution < 1.29 is 9.84 Å². The van der Waals surface area contributed by atoms with Gasteiger partial charge in [0.05, 0.1) is 36.1 Å². The van der Waals surface area contributed by atoms with Gasteiger partial charge >= 0.3 is 0 Å². The largest absolute Gasteiger partial charge is 0.394 e. The molecule has 90 valence electrons. The average molecular weight is 250 g/mol. The number of thiazole rings is 1. The molecular formula is C12H14N2O2S. The fourth-order valence-electron chi connectivity index (χ4n) is 2.04. The first-order chi connectivity index (χ1) is 8.38. The molecular weight excluding hydrogens is 236 g/mol. The summed E-state index contributed by atoms with van der Waals surface area (Å²) in [5.41, 5.74) is 1.02. The second-order valence-electron chi connectivity index (χ2n) is 4.07. The smallest absolute Gasteiger partial charge is 0.186 e. The SMILES string of the molecule is OCC1COCCN1c1nc2ccccc2s1. The van der Waals surface area contributed by atoms with E-state index in [0.29, 0.717) is 13.2 Å². The number of aliphatic hydroxyl groups is 1. The molecule has 17 heavy (non-hydrogen) atoms. The van der Waals surface area contributed by atoms with Crippen molar-refractivity contribution in [1.29, 1.82) is 0 Å². The van der Waals surface area contributed by atoms with Crippen LogP contribution in [0.25, 0.3) is 10.2 Å². The van der Waals surface area contributed by atoms with E-state index >= 15 is 0 Å². The maximum Gasteiger partial charge on any atom is 0.186 e. The predicted octanol–water partition coefficient (Wildman–Crippen LogP) is 1.49. The van der Waals surface area contributed by atoms with Gasteiger partial charge in [0.25, 0.3) is 0 Å². The molecule has 2 heterocycles. The molecule has 1 aliphatic heterocycles. The monoisotopic (exact) mass is 250 g/mol. The maximum absolute atomic E-state index is 9.35. The van der Waals surface area contributed by atoms with E-state index in [2.05, 4.69) is 16.0 Å². The zero-order chi connectivity index (χ0) is 11.7. The molecule has 1 unspecified atom stereocenters. The van der Waals surface area contributed by atoms with Crippen LogP contribution in [0.1, 0.15) is 0 Å². The average Bonchev–Trinajstić information content (AvgIpc) is 2.82. The van der Waals surface area contributed by atoms with Crippen LogP contribution in [0.4, 0.5) is 5.13 Å². The van der Waals surface area contributed by atoms with Gasteiger partial charge in [-0.05, 0) is 12.1 Å². The Bertz CT molecular complexity index is 481. The maximum atomic E-state index is 9.35. The number of nitrogens with zero attached hydrogens (tertiary/aromatic N) is 2. The highest BCUT2D eigenvalue weighted by molar-refractivity contribution is 7.22. The van der Waals surface area contributed by atoms with Crippen LogP contribution in [-0.4, -0.2) is 42.5 Å². The minimum atomic E-state index is 0.0318. The summed E-state index contributed by atoms with van der Waals surface area (Å²) in [4.78, 5) is 6.76. The molecule has 1 aliphatic rings. The van der Waals surface area contributed by atoms with Crippen molar-refractivity contribution in [2.45, 2.75) is 6.04 Å². The number of anilines is 1. The number of aromatic nitrogens is 1. The number of ether oxygens (including phenoxy) is 1. The fraction of sp³-hybridized carbons (Fsp3) is 0.417. The van der Waals surface area contributed by atoms with Crippen LogP contribution in [0, 0.1) is 0 Å². The number of fused-ring (bicyclic) bond motifs is 1. The number of morpholine rings is 1. The van der Waals surface area contributed by atoms with Crippen molar-refractivity contribution >= 4 is 26.7 Å². The van der Waals surface area contributed by atoms with Crippen LogP contribution in [0.3, 0.4) is 0 Å². The standard InChI is InChI=1S/C12H14N2O2S/c15-7-9-8-16-6-5-14(9)12-13-10-3-1-2-4-11(10)17-12/h1-4,9,15H,5-8H2. The van der Waals surface area contributed by atoms with Gasteiger partial charge in [0.1, 0.15) is 0 Å². The molecule has 1 N–H and O–H groups in total. The lowest BCUT2D eigenvalue weighted by molar-refractivity contribution is 0.0727. The van der Waals surface area contributed by atoms with Gasteiger partial charge in [-0.2, -0.15) is 0 Å². The third kappa shape index (κ3) is 2.01. The summed E-state index contributed by atoms with van der Waals surface area (Å²) in [5.74, 6) is 0. The lowest BCUT2D eigenvalue weighted by Gasteiger charge is -2.34. The topological polar surface area (TPSA) is 45.6 Å². The van der Waals surface area contributed by atoms with Crippen LogP contribution >= 0.6 is 11.3 Å². The Labute approximate surface area is 103 Å². The summed E-state index contributed by atoms with van der Waals surface area (Å²) >= 11 is 1.67.